The van der Waals surface area contributed by atoms with Gasteiger partial charge in [-0.3, -0.25) is 0 Å². The van der Waals surface area contributed by atoms with Crippen LogP contribution in [0, 0.1) is 0 Å². The van der Waals surface area contributed by atoms with Crippen LogP contribution in [0.5, 0.6) is 0 Å². The second kappa shape index (κ2) is 25.0. The Morgan fingerprint density at radius 1 is 0.371 bits per heavy atom. The maximum absolute atomic E-state index is 2.69. The second-order valence-electron chi connectivity index (χ2n) is 11.5. The highest BCUT2D eigenvalue weighted by atomic mass is 15.4. The molecule has 1 aliphatic heterocycles. The molecule has 208 valence electrons. The lowest BCUT2D eigenvalue weighted by atomic mass is 10.0. The van der Waals surface area contributed by atoms with Crippen molar-refractivity contribution < 1.29 is 0 Å². The van der Waals surface area contributed by atoms with Gasteiger partial charge >= 0.3 is 0 Å². The van der Waals surface area contributed by atoms with Gasteiger partial charge in [-0.2, -0.15) is 0 Å². The monoisotopic (exact) mass is 491 g/mol. The molecule has 1 unspecified atom stereocenters. The number of rotatable bonds is 27. The molecular weight excluding hydrogens is 424 g/mol. The average molecular weight is 491 g/mol. The largest absolute Gasteiger partial charge is 0.356 e. The Morgan fingerprint density at radius 3 is 1.06 bits per heavy atom. The Balaban J connectivity index is 2.14. The molecule has 0 N–H and O–H groups in total. The van der Waals surface area contributed by atoms with Gasteiger partial charge in [-0.25, -0.2) is 0 Å². The summed E-state index contributed by atoms with van der Waals surface area (Å²) in [5, 5.41) is 0. The van der Waals surface area contributed by atoms with Crippen molar-refractivity contribution in [3.05, 3.63) is 12.4 Å². The van der Waals surface area contributed by atoms with Gasteiger partial charge in [0.1, 0.15) is 6.17 Å². The molecule has 0 bridgehead atoms. The SMILES string of the molecule is CCCCCCCCCCCCCCN1C=CN(CCCCC)C1CCCCCCCCCCC. The van der Waals surface area contributed by atoms with E-state index < -0.39 is 0 Å². The van der Waals surface area contributed by atoms with Crippen LogP contribution in [0.2, 0.25) is 0 Å². The summed E-state index contributed by atoms with van der Waals surface area (Å²) < 4.78 is 0. The number of nitrogens with zero attached hydrogens (tertiary/aromatic N) is 2. The zero-order valence-corrected chi connectivity index (χ0v) is 24.7. The van der Waals surface area contributed by atoms with E-state index in [0.29, 0.717) is 6.17 Å². The van der Waals surface area contributed by atoms with E-state index in [4.69, 9.17) is 0 Å². The van der Waals surface area contributed by atoms with Crippen LogP contribution in [0.4, 0.5) is 0 Å². The summed E-state index contributed by atoms with van der Waals surface area (Å²) in [5.74, 6) is 0. The maximum atomic E-state index is 2.69. The van der Waals surface area contributed by atoms with Crippen LogP contribution >= 0.6 is 0 Å². The zero-order valence-electron chi connectivity index (χ0n) is 24.7. The molecule has 1 rings (SSSR count). The van der Waals surface area contributed by atoms with Gasteiger partial charge in [0.25, 0.3) is 0 Å². The minimum Gasteiger partial charge on any atom is -0.356 e. The number of hydrogen-bond acceptors (Lipinski definition) is 2. The van der Waals surface area contributed by atoms with Crippen LogP contribution in [0.1, 0.15) is 181 Å². The lowest BCUT2D eigenvalue weighted by Gasteiger charge is -2.33. The lowest BCUT2D eigenvalue weighted by Crippen LogP contribution is -2.39. The van der Waals surface area contributed by atoms with Crippen molar-refractivity contribution in [1.29, 1.82) is 0 Å². The minimum absolute atomic E-state index is 0.643. The Bertz CT molecular complexity index is 446. The summed E-state index contributed by atoms with van der Waals surface area (Å²) in [5.41, 5.74) is 0. The first-order chi connectivity index (χ1) is 17.3. The molecule has 1 heterocycles. The predicted molar refractivity (Wildman–Crippen MR) is 159 cm³/mol. The highest BCUT2D eigenvalue weighted by molar-refractivity contribution is 4.97. The fourth-order valence-corrected chi connectivity index (χ4v) is 5.66. The van der Waals surface area contributed by atoms with E-state index in [0.717, 1.165) is 0 Å². The van der Waals surface area contributed by atoms with E-state index in [1.807, 2.05) is 0 Å². The van der Waals surface area contributed by atoms with Gasteiger partial charge in [0.15, 0.2) is 0 Å². The third kappa shape index (κ3) is 18.3. The summed E-state index contributed by atoms with van der Waals surface area (Å²) in [4.78, 5) is 5.36. The van der Waals surface area contributed by atoms with Crippen molar-refractivity contribution in [3.63, 3.8) is 0 Å². The summed E-state index contributed by atoms with van der Waals surface area (Å²) >= 11 is 0. The topological polar surface area (TPSA) is 6.48 Å². The van der Waals surface area contributed by atoms with Gasteiger partial charge in [-0.15, -0.1) is 0 Å². The molecule has 0 aromatic carbocycles. The van der Waals surface area contributed by atoms with E-state index in [2.05, 4.69) is 43.0 Å². The molecule has 0 spiro atoms. The Hall–Kier alpha value is -0.660. The fraction of sp³-hybridized carbons (Fsp3) is 0.939. The number of unbranched alkanes of at least 4 members (excludes halogenated alkanes) is 21. The van der Waals surface area contributed by atoms with Crippen molar-refractivity contribution in [2.24, 2.45) is 0 Å². The van der Waals surface area contributed by atoms with E-state index in [1.165, 1.54) is 174 Å². The third-order valence-electron chi connectivity index (χ3n) is 8.07. The van der Waals surface area contributed by atoms with Crippen molar-refractivity contribution in [2.45, 2.75) is 187 Å². The fourth-order valence-electron chi connectivity index (χ4n) is 5.66. The lowest BCUT2D eigenvalue weighted by molar-refractivity contribution is 0.135. The molecule has 2 nitrogen and oxygen atoms in total. The van der Waals surface area contributed by atoms with Crippen LogP contribution in [-0.4, -0.2) is 29.1 Å². The van der Waals surface area contributed by atoms with Crippen LogP contribution in [0.25, 0.3) is 0 Å². The summed E-state index contributed by atoms with van der Waals surface area (Å²) in [7, 11) is 0. The maximum Gasteiger partial charge on any atom is 0.101 e. The molecule has 0 aromatic rings. The minimum atomic E-state index is 0.643. The smallest absolute Gasteiger partial charge is 0.101 e. The first-order valence-corrected chi connectivity index (χ1v) is 16.5. The third-order valence-corrected chi connectivity index (χ3v) is 8.07. The molecule has 0 saturated carbocycles. The summed E-state index contributed by atoms with van der Waals surface area (Å²) in [6.45, 7) is 9.45. The Morgan fingerprint density at radius 2 is 0.657 bits per heavy atom. The first-order valence-electron chi connectivity index (χ1n) is 16.5. The van der Waals surface area contributed by atoms with Crippen LogP contribution in [0.3, 0.4) is 0 Å². The molecule has 0 fully saturated rings. The standard InChI is InChI=1S/C33H66N2/c1-4-7-10-12-14-16-17-18-20-22-24-27-30-35-32-31-34(29-26-9-6-3)33(35)28-25-23-21-19-15-13-11-8-5-2/h31-33H,4-30H2,1-3H3. The highest BCUT2D eigenvalue weighted by Crippen LogP contribution is 2.24. The van der Waals surface area contributed by atoms with Crippen molar-refractivity contribution in [3.8, 4) is 0 Å². The van der Waals surface area contributed by atoms with Crippen LogP contribution in [0.15, 0.2) is 12.4 Å². The second-order valence-corrected chi connectivity index (χ2v) is 11.5. The van der Waals surface area contributed by atoms with E-state index in [-0.39, 0.29) is 0 Å². The molecule has 2 heteroatoms. The quantitative estimate of drug-likeness (QED) is 0.106. The molecule has 0 aromatic heterocycles. The van der Waals surface area contributed by atoms with Gasteiger partial charge in [-0.05, 0) is 25.7 Å². The summed E-state index contributed by atoms with van der Waals surface area (Å²) in [6, 6.07) is 0. The zero-order chi connectivity index (χ0) is 25.2. The summed E-state index contributed by atoms with van der Waals surface area (Å²) in [6.07, 6.45) is 41.0. The average Bonchev–Trinajstić information content (AvgIpc) is 3.25. The first kappa shape index (κ1) is 32.4. The van der Waals surface area contributed by atoms with Crippen LogP contribution in [-0.2, 0) is 0 Å². The van der Waals surface area contributed by atoms with Gasteiger partial charge in [-0.1, -0.05) is 156 Å². The Kier molecular flexibility index (Phi) is 23.1. The van der Waals surface area contributed by atoms with Crippen molar-refractivity contribution in [2.75, 3.05) is 13.1 Å². The molecule has 1 aliphatic rings. The van der Waals surface area contributed by atoms with Gasteiger partial charge in [0.05, 0.1) is 0 Å². The van der Waals surface area contributed by atoms with Gasteiger partial charge in [0, 0.05) is 25.5 Å². The van der Waals surface area contributed by atoms with Crippen molar-refractivity contribution in [1.82, 2.24) is 9.80 Å². The van der Waals surface area contributed by atoms with E-state index in [9.17, 15) is 0 Å². The van der Waals surface area contributed by atoms with Gasteiger partial charge in [0.2, 0.25) is 0 Å². The molecule has 0 radical (unpaired) electrons. The molecular formula is C33H66N2. The molecule has 0 amide bonds. The van der Waals surface area contributed by atoms with Gasteiger partial charge < -0.3 is 9.80 Å². The highest BCUT2D eigenvalue weighted by Gasteiger charge is 2.24. The van der Waals surface area contributed by atoms with E-state index >= 15 is 0 Å². The molecule has 1 atom stereocenters. The number of hydrogen-bond donors (Lipinski definition) is 0. The van der Waals surface area contributed by atoms with E-state index in [1.54, 1.807) is 0 Å². The van der Waals surface area contributed by atoms with Crippen molar-refractivity contribution >= 4 is 0 Å². The molecule has 0 saturated heterocycles. The van der Waals surface area contributed by atoms with Crippen LogP contribution < -0.4 is 0 Å². The Labute approximate surface area is 222 Å². The predicted octanol–water partition coefficient (Wildman–Crippen LogP) is 11.2. The normalized spacial score (nSPS) is 15.6. The molecule has 35 heavy (non-hydrogen) atoms. The molecule has 0 aliphatic carbocycles.